The van der Waals surface area contributed by atoms with Crippen LogP contribution >= 0.6 is 0 Å². The molecule has 0 aromatic rings. The molecule has 220 valence electrons. The third-order valence-corrected chi connectivity index (χ3v) is 11.1. The minimum Gasteiger partial charge on any atom is -0.481 e. The Balaban J connectivity index is 1.46. The van der Waals surface area contributed by atoms with E-state index >= 15 is 0 Å². The quantitative estimate of drug-likeness (QED) is 0.294. The van der Waals surface area contributed by atoms with Crippen LogP contribution in [0.1, 0.15) is 72.6 Å². The second kappa shape index (κ2) is 9.81. The highest BCUT2D eigenvalue weighted by atomic mass is 19.4. The number of aliphatic hydroxyl groups excluding tert-OH is 1. The monoisotopic (exact) mass is 557 g/mol. The van der Waals surface area contributed by atoms with E-state index < -0.39 is 59.5 Å². The summed E-state index contributed by atoms with van der Waals surface area (Å²) in [4.78, 5) is 26.7. The number of carbonyl (C=O) groups is 2. The third kappa shape index (κ3) is 4.14. The summed E-state index contributed by atoms with van der Waals surface area (Å²) in [7, 11) is 0. The Morgan fingerprint density at radius 3 is 2.62 bits per heavy atom. The zero-order valence-electron chi connectivity index (χ0n) is 23.2. The van der Waals surface area contributed by atoms with Crippen molar-refractivity contribution in [3.63, 3.8) is 0 Å². The normalized spacial score (nSPS) is 47.2. The minimum absolute atomic E-state index is 0.00234. The number of carboxylic acids is 1. The molecule has 3 N–H and O–H groups in total. The number of fused-ring (bicyclic) bond motifs is 2. The number of aliphatic hydroxyl groups is 1. The molecule has 0 amide bonds. The number of aliphatic carboxylic acids is 1. The number of carbonyl (C=O) groups excluding carboxylic acids is 1. The van der Waals surface area contributed by atoms with E-state index in [1.807, 2.05) is 13.8 Å². The molecule has 4 fully saturated rings. The molecule has 4 bridgehead atoms. The molecule has 0 spiro atoms. The number of rotatable bonds is 8. The first-order valence-corrected chi connectivity index (χ1v) is 14.4. The summed E-state index contributed by atoms with van der Waals surface area (Å²) in [5, 5.41) is 24.8. The zero-order valence-corrected chi connectivity index (χ0v) is 23.2. The zero-order chi connectivity index (χ0) is 28.5. The number of aldehydes is 1. The van der Waals surface area contributed by atoms with Crippen molar-refractivity contribution in [2.75, 3.05) is 6.61 Å². The molecule has 1 aliphatic heterocycles. The van der Waals surface area contributed by atoms with Crippen molar-refractivity contribution < 1.29 is 42.4 Å². The largest absolute Gasteiger partial charge is 0.481 e. The Hall–Kier alpha value is -1.49. The van der Waals surface area contributed by atoms with E-state index in [0.717, 1.165) is 24.7 Å². The molecule has 1 heterocycles. The third-order valence-electron chi connectivity index (χ3n) is 11.1. The van der Waals surface area contributed by atoms with E-state index in [1.165, 1.54) is 0 Å². The Morgan fingerprint density at radius 1 is 1.28 bits per heavy atom. The number of carboxylic acid groups (broad SMARTS) is 1. The van der Waals surface area contributed by atoms with Gasteiger partial charge in [-0.15, -0.1) is 0 Å². The van der Waals surface area contributed by atoms with Gasteiger partial charge < -0.3 is 24.5 Å². The van der Waals surface area contributed by atoms with Gasteiger partial charge >= 0.3 is 12.1 Å². The van der Waals surface area contributed by atoms with Gasteiger partial charge in [0.15, 0.2) is 12.5 Å². The summed E-state index contributed by atoms with van der Waals surface area (Å²) in [5.74, 6) is -0.677. The lowest BCUT2D eigenvalue weighted by Crippen LogP contribution is -2.64. The van der Waals surface area contributed by atoms with Crippen LogP contribution in [0.3, 0.4) is 0 Å². The molecule has 4 aliphatic carbocycles. The van der Waals surface area contributed by atoms with Gasteiger partial charge in [-0.05, 0) is 68.6 Å². The molecule has 7 nitrogen and oxygen atoms in total. The Kier molecular flexibility index (Phi) is 7.30. The van der Waals surface area contributed by atoms with Gasteiger partial charge in [0.2, 0.25) is 0 Å². The number of halogens is 3. The lowest BCUT2D eigenvalue weighted by Gasteiger charge is -2.58. The van der Waals surface area contributed by atoms with E-state index in [2.05, 4.69) is 18.3 Å². The first-order valence-electron chi connectivity index (χ1n) is 14.4. The van der Waals surface area contributed by atoms with Gasteiger partial charge in [-0.1, -0.05) is 38.8 Å². The van der Waals surface area contributed by atoms with Gasteiger partial charge in [0.05, 0.1) is 18.1 Å². The van der Waals surface area contributed by atoms with E-state index in [1.54, 1.807) is 6.92 Å². The average Bonchev–Trinajstić information content (AvgIpc) is 3.37. The maximum Gasteiger partial charge on any atom is 0.389 e. The summed E-state index contributed by atoms with van der Waals surface area (Å²) >= 11 is 0. The van der Waals surface area contributed by atoms with Gasteiger partial charge in [0.1, 0.15) is 11.7 Å². The first-order chi connectivity index (χ1) is 18.2. The molecule has 0 aromatic carbocycles. The summed E-state index contributed by atoms with van der Waals surface area (Å²) in [6, 6.07) is -0.608. The van der Waals surface area contributed by atoms with Gasteiger partial charge in [-0.3, -0.25) is 10.1 Å². The molecule has 0 aromatic heterocycles. The molecule has 0 radical (unpaired) electrons. The molecule has 1 unspecified atom stereocenters. The summed E-state index contributed by atoms with van der Waals surface area (Å²) in [6.45, 7) is 7.83. The lowest BCUT2D eigenvalue weighted by molar-refractivity contribution is -0.240. The fraction of sp³-hybridized carbons (Fsp3) is 0.862. The molecule has 5 aliphatic rings. The van der Waals surface area contributed by atoms with Crippen LogP contribution in [0.4, 0.5) is 13.2 Å². The molecule has 5 rings (SSSR count). The summed E-state index contributed by atoms with van der Waals surface area (Å²) < 4.78 is 50.7. The number of allylic oxidation sites excluding steroid dienone is 1. The highest BCUT2D eigenvalue weighted by molar-refractivity contribution is 5.90. The number of hydrogen-bond acceptors (Lipinski definition) is 6. The van der Waals surface area contributed by atoms with Gasteiger partial charge in [-0.25, -0.2) is 0 Å². The second-order valence-corrected chi connectivity index (χ2v) is 13.3. The maximum atomic E-state index is 13.5. The topological polar surface area (TPSA) is 105 Å². The number of ether oxygens (including phenoxy) is 2. The number of nitrogens with one attached hydrogen (secondary N) is 1. The molecular weight excluding hydrogens is 515 g/mol. The lowest BCUT2D eigenvalue weighted by atomic mass is 9.43. The van der Waals surface area contributed by atoms with E-state index in [0.29, 0.717) is 18.8 Å². The van der Waals surface area contributed by atoms with Gasteiger partial charge in [-0.2, -0.15) is 13.2 Å². The van der Waals surface area contributed by atoms with Crippen molar-refractivity contribution in [2.45, 2.75) is 103 Å². The molecule has 1 saturated heterocycles. The predicted molar refractivity (Wildman–Crippen MR) is 135 cm³/mol. The molecule has 10 heteroatoms. The predicted octanol–water partition coefficient (Wildman–Crippen LogP) is 4.68. The molecule has 3 saturated carbocycles. The Labute approximate surface area is 227 Å². The van der Waals surface area contributed by atoms with Gasteiger partial charge in [0, 0.05) is 17.9 Å². The number of hydrogen-bond donors (Lipinski definition) is 3. The minimum atomic E-state index is -4.30. The fourth-order valence-corrected chi connectivity index (χ4v) is 9.68. The smallest absolute Gasteiger partial charge is 0.389 e. The van der Waals surface area contributed by atoms with Crippen LogP contribution in [0.15, 0.2) is 11.6 Å². The van der Waals surface area contributed by atoms with Crippen LogP contribution in [-0.2, 0) is 19.1 Å². The van der Waals surface area contributed by atoms with Crippen LogP contribution in [0, 0.1) is 45.8 Å². The highest BCUT2D eigenvalue weighted by Crippen LogP contribution is 2.82. The van der Waals surface area contributed by atoms with Crippen LogP contribution in [0.5, 0.6) is 0 Å². The van der Waals surface area contributed by atoms with Crippen LogP contribution in [-0.4, -0.2) is 59.9 Å². The SMILES string of the molecule is CC(C)C1=C[C@H]2C[C@]3(C=O)[C@@H]4CC[C@@H](C)[C@H]4C[C@@]2(CO[C@@H]2O[C@H](C)CC(CCC(F)(F)F)N[C@@H]2O)[C@]13C(=O)O. The summed E-state index contributed by atoms with van der Waals surface area (Å²) in [6.07, 6.45) is -2.33. The first kappa shape index (κ1) is 29.0. The number of alkyl halides is 3. The van der Waals surface area contributed by atoms with Crippen LogP contribution in [0.25, 0.3) is 0 Å². The fourth-order valence-electron chi connectivity index (χ4n) is 9.68. The molecule has 11 atom stereocenters. The van der Waals surface area contributed by atoms with E-state index in [-0.39, 0.29) is 43.1 Å². The van der Waals surface area contributed by atoms with Crippen molar-refractivity contribution in [1.29, 1.82) is 0 Å². The van der Waals surface area contributed by atoms with Crippen LogP contribution < -0.4 is 5.32 Å². The van der Waals surface area contributed by atoms with Crippen molar-refractivity contribution in [1.82, 2.24) is 5.32 Å². The average molecular weight is 558 g/mol. The summed E-state index contributed by atoms with van der Waals surface area (Å²) in [5.41, 5.74) is -2.52. The van der Waals surface area contributed by atoms with Crippen molar-refractivity contribution in [3.05, 3.63) is 11.6 Å². The van der Waals surface area contributed by atoms with E-state index in [9.17, 15) is 33.0 Å². The van der Waals surface area contributed by atoms with Crippen LogP contribution in [0.2, 0.25) is 0 Å². The molecule has 39 heavy (non-hydrogen) atoms. The van der Waals surface area contributed by atoms with Crippen molar-refractivity contribution in [2.24, 2.45) is 45.8 Å². The van der Waals surface area contributed by atoms with Crippen molar-refractivity contribution >= 4 is 12.3 Å². The maximum absolute atomic E-state index is 13.5. The van der Waals surface area contributed by atoms with Gasteiger partial charge in [0.25, 0.3) is 0 Å². The highest BCUT2D eigenvalue weighted by Gasteiger charge is 2.84. The standard InChI is InChI=1S/C29H42F3NO6/c1-15(2)22-10-18-11-26(13-34)21-6-5-16(3)20(21)12-27(18,29(22,26)25(36)37)14-38-24-23(35)33-19(9-17(4)39-24)7-8-28(30,31)32/h10,13,15-21,23-24,33,35H,5-9,11-12,14H2,1-4H3,(H,36,37)/t16-,17-,18+,19?,20-,21-,23-,24-,26+,27+,29+/m1/s1. The van der Waals surface area contributed by atoms with E-state index in [4.69, 9.17) is 9.47 Å². The second-order valence-electron chi connectivity index (χ2n) is 13.3. The Bertz CT molecular complexity index is 1020. The van der Waals surface area contributed by atoms with Crippen molar-refractivity contribution in [3.8, 4) is 0 Å². The molecular formula is C29H42F3NO6. The Morgan fingerprint density at radius 2 is 2.00 bits per heavy atom.